The van der Waals surface area contributed by atoms with E-state index in [-0.39, 0.29) is 73.6 Å². The molecule has 14 heteroatoms. The van der Waals surface area contributed by atoms with Crippen LogP contribution in [0, 0.1) is 16.7 Å². The molecule has 0 bridgehead atoms. The molecule has 1 aliphatic carbocycles. The van der Waals surface area contributed by atoms with E-state index < -0.39 is 38.2 Å². The van der Waals surface area contributed by atoms with Crippen molar-refractivity contribution in [1.82, 2.24) is 19.9 Å². The molecule has 0 spiro atoms. The zero-order valence-electron chi connectivity index (χ0n) is 23.1. The second-order valence-electron chi connectivity index (χ2n) is 10.9. The zero-order valence-corrected chi connectivity index (χ0v) is 23.9. The van der Waals surface area contributed by atoms with Crippen LogP contribution in [0.25, 0.3) is 5.82 Å². The van der Waals surface area contributed by atoms with Crippen LogP contribution in [-0.4, -0.2) is 70.9 Å². The summed E-state index contributed by atoms with van der Waals surface area (Å²) in [6.45, 7) is 3.76. The molecule has 0 aromatic carbocycles. The van der Waals surface area contributed by atoms with E-state index in [4.69, 9.17) is 4.74 Å². The minimum absolute atomic E-state index is 0.0914. The standard InChI is InChI=1S/C26H34F3N5O5S/c1-6-20-33-21(23(35)32-15-25(36)9-7-17(8-10-25)40(5,37)38)18(13-30)34(20)22-19(39-4)11-16(14-31-22)12-24(2,3)26(27,28)29/h11,14,17,36H,6-10,12,15H2,1-5H3,(H,32,35). The highest BCUT2D eigenvalue weighted by atomic mass is 32.2. The summed E-state index contributed by atoms with van der Waals surface area (Å²) in [6.07, 6.45) is -1.16. The molecule has 0 unspecified atom stereocenters. The molecule has 2 aromatic heterocycles. The third-order valence-electron chi connectivity index (χ3n) is 7.37. The first kappa shape index (κ1) is 31.3. The number of pyridine rings is 1. The lowest BCUT2D eigenvalue weighted by Gasteiger charge is -2.35. The maximum absolute atomic E-state index is 13.4. The fourth-order valence-electron chi connectivity index (χ4n) is 4.76. The number of aliphatic hydroxyl groups is 1. The van der Waals surface area contributed by atoms with Crippen molar-refractivity contribution < 1.29 is 36.2 Å². The minimum Gasteiger partial charge on any atom is -0.493 e. The van der Waals surface area contributed by atoms with E-state index in [1.807, 2.05) is 6.07 Å². The summed E-state index contributed by atoms with van der Waals surface area (Å²) in [5.74, 6) is -0.230. The van der Waals surface area contributed by atoms with Crippen molar-refractivity contribution in [3.05, 3.63) is 35.0 Å². The van der Waals surface area contributed by atoms with Crippen molar-refractivity contribution in [2.24, 2.45) is 5.41 Å². The number of nitriles is 1. The number of amides is 1. The predicted molar refractivity (Wildman–Crippen MR) is 140 cm³/mol. The van der Waals surface area contributed by atoms with Crippen LogP contribution in [0.5, 0.6) is 5.75 Å². The van der Waals surface area contributed by atoms with Crippen molar-refractivity contribution in [3.63, 3.8) is 0 Å². The Morgan fingerprint density at radius 2 is 1.95 bits per heavy atom. The Balaban J connectivity index is 1.88. The average molecular weight is 586 g/mol. The molecule has 3 rings (SSSR count). The van der Waals surface area contributed by atoms with Gasteiger partial charge >= 0.3 is 6.18 Å². The number of methoxy groups -OCH3 is 1. The second kappa shape index (κ2) is 11.4. The topological polar surface area (TPSA) is 147 Å². The van der Waals surface area contributed by atoms with E-state index in [0.29, 0.717) is 5.82 Å². The molecular weight excluding hydrogens is 551 g/mol. The largest absolute Gasteiger partial charge is 0.493 e. The maximum atomic E-state index is 13.4. The minimum atomic E-state index is -4.44. The summed E-state index contributed by atoms with van der Waals surface area (Å²) >= 11 is 0. The molecule has 0 aliphatic heterocycles. The summed E-state index contributed by atoms with van der Waals surface area (Å²) in [4.78, 5) is 21.7. The van der Waals surface area contributed by atoms with Crippen molar-refractivity contribution in [1.29, 1.82) is 5.26 Å². The van der Waals surface area contributed by atoms with Crippen LogP contribution < -0.4 is 10.1 Å². The maximum Gasteiger partial charge on any atom is 0.394 e. The van der Waals surface area contributed by atoms with E-state index in [9.17, 15) is 36.8 Å². The van der Waals surface area contributed by atoms with Gasteiger partial charge in [-0.3, -0.25) is 9.36 Å². The highest BCUT2D eigenvalue weighted by Gasteiger charge is 2.47. The van der Waals surface area contributed by atoms with E-state index in [0.717, 1.165) is 20.1 Å². The van der Waals surface area contributed by atoms with Gasteiger partial charge in [-0.1, -0.05) is 20.8 Å². The van der Waals surface area contributed by atoms with Gasteiger partial charge in [0.15, 0.2) is 23.0 Å². The van der Waals surface area contributed by atoms with Crippen LogP contribution in [0.3, 0.4) is 0 Å². The Labute approximate surface area is 231 Å². The molecule has 1 aliphatic rings. The van der Waals surface area contributed by atoms with Crippen LogP contribution in [0.1, 0.15) is 74.0 Å². The van der Waals surface area contributed by atoms with Crippen LogP contribution >= 0.6 is 0 Å². The van der Waals surface area contributed by atoms with Gasteiger partial charge in [0, 0.05) is 25.4 Å². The highest BCUT2D eigenvalue weighted by molar-refractivity contribution is 7.91. The third kappa shape index (κ3) is 6.58. The van der Waals surface area contributed by atoms with Gasteiger partial charge in [-0.05, 0) is 43.7 Å². The van der Waals surface area contributed by atoms with E-state index in [1.54, 1.807) is 6.92 Å². The molecule has 1 fully saturated rings. The van der Waals surface area contributed by atoms with Crippen LogP contribution in [-0.2, 0) is 22.7 Å². The lowest BCUT2D eigenvalue weighted by atomic mass is 9.84. The number of halogens is 3. The lowest BCUT2D eigenvalue weighted by molar-refractivity contribution is -0.211. The first-order valence-electron chi connectivity index (χ1n) is 12.8. The first-order chi connectivity index (χ1) is 18.5. The highest BCUT2D eigenvalue weighted by Crippen LogP contribution is 2.41. The van der Waals surface area contributed by atoms with E-state index in [1.165, 1.54) is 23.9 Å². The van der Waals surface area contributed by atoms with Gasteiger partial charge in [0.2, 0.25) is 0 Å². The number of rotatable bonds is 9. The van der Waals surface area contributed by atoms with Crippen LogP contribution in [0.2, 0.25) is 0 Å². The number of ether oxygens (including phenoxy) is 1. The molecule has 220 valence electrons. The number of nitrogens with one attached hydrogen (secondary N) is 1. The molecule has 2 aromatic rings. The van der Waals surface area contributed by atoms with Gasteiger partial charge in [-0.15, -0.1) is 0 Å². The summed E-state index contributed by atoms with van der Waals surface area (Å²) in [6, 6.07) is 3.37. The fraction of sp³-hybridized carbons (Fsp3) is 0.615. The molecule has 2 heterocycles. The number of nitrogens with zero attached hydrogens (tertiary/aromatic N) is 4. The van der Waals surface area contributed by atoms with Crippen LogP contribution in [0.4, 0.5) is 13.2 Å². The van der Waals surface area contributed by atoms with Crippen molar-refractivity contribution >= 4 is 15.7 Å². The molecule has 0 saturated heterocycles. The van der Waals surface area contributed by atoms with Crippen molar-refractivity contribution in [2.75, 3.05) is 19.9 Å². The quantitative estimate of drug-likeness (QED) is 0.456. The molecule has 2 N–H and O–H groups in total. The zero-order chi connectivity index (χ0) is 30.1. The lowest BCUT2D eigenvalue weighted by Crippen LogP contribution is -2.47. The van der Waals surface area contributed by atoms with E-state index >= 15 is 0 Å². The number of imidazole rings is 1. The smallest absolute Gasteiger partial charge is 0.394 e. The molecule has 0 radical (unpaired) electrons. The number of carbonyl (C=O) groups is 1. The summed E-state index contributed by atoms with van der Waals surface area (Å²) < 4.78 is 70.6. The Morgan fingerprint density at radius 3 is 2.45 bits per heavy atom. The number of hydrogen-bond acceptors (Lipinski definition) is 8. The SMILES string of the molecule is CCc1nc(C(=O)NCC2(O)CCC(S(C)(=O)=O)CC2)c(C#N)n1-c1ncc(CC(C)(C)C(F)(F)F)cc1OC. The normalized spacial score (nSPS) is 20.1. The van der Waals surface area contributed by atoms with Gasteiger partial charge in [-0.2, -0.15) is 18.4 Å². The number of alkyl halides is 3. The number of aryl methyl sites for hydroxylation is 1. The van der Waals surface area contributed by atoms with Crippen molar-refractivity contribution in [2.45, 2.75) is 76.3 Å². The van der Waals surface area contributed by atoms with Gasteiger partial charge < -0.3 is 15.2 Å². The number of hydrogen-bond donors (Lipinski definition) is 2. The Kier molecular flexibility index (Phi) is 8.91. The fourth-order valence-corrected chi connectivity index (χ4v) is 5.85. The number of aromatic nitrogens is 3. The Morgan fingerprint density at radius 1 is 1.32 bits per heavy atom. The van der Waals surface area contributed by atoms with Gasteiger partial charge in [0.1, 0.15) is 21.7 Å². The molecule has 40 heavy (non-hydrogen) atoms. The molecule has 10 nitrogen and oxygen atoms in total. The second-order valence-corrected chi connectivity index (χ2v) is 13.2. The molecular formula is C26H34F3N5O5S. The first-order valence-corrected chi connectivity index (χ1v) is 14.7. The summed E-state index contributed by atoms with van der Waals surface area (Å²) in [5, 5.41) is 22.9. The predicted octanol–water partition coefficient (Wildman–Crippen LogP) is 3.29. The summed E-state index contributed by atoms with van der Waals surface area (Å²) in [5.41, 5.74) is -3.40. The Hall–Kier alpha value is -3.18. The molecule has 1 saturated carbocycles. The van der Waals surface area contributed by atoms with Gasteiger partial charge in [-0.25, -0.2) is 18.4 Å². The number of carbonyl (C=O) groups excluding carboxylic acids is 1. The average Bonchev–Trinajstić information content (AvgIpc) is 3.24. The summed E-state index contributed by atoms with van der Waals surface area (Å²) in [7, 11) is -1.91. The molecule has 1 amide bonds. The Bertz CT molecular complexity index is 1400. The monoisotopic (exact) mass is 585 g/mol. The van der Waals surface area contributed by atoms with Crippen LogP contribution in [0.15, 0.2) is 12.3 Å². The van der Waals surface area contributed by atoms with Crippen molar-refractivity contribution in [3.8, 4) is 17.6 Å². The molecule has 0 atom stereocenters. The van der Waals surface area contributed by atoms with E-state index in [2.05, 4.69) is 15.3 Å². The third-order valence-corrected chi connectivity index (χ3v) is 9.05. The van der Waals surface area contributed by atoms with Gasteiger partial charge in [0.05, 0.1) is 23.4 Å². The number of sulfone groups is 1. The van der Waals surface area contributed by atoms with Gasteiger partial charge in [0.25, 0.3) is 5.91 Å².